The number of ether oxygens (including phenoxy) is 5. The van der Waals surface area contributed by atoms with E-state index < -0.39 is 23.1 Å². The second-order valence-corrected chi connectivity index (χ2v) is 12.7. The lowest BCUT2D eigenvalue weighted by Crippen LogP contribution is -2.29. The number of carbonyl (C=O) groups excluding carboxylic acids is 3. The molecular formula is C26H52O8. The van der Waals surface area contributed by atoms with Gasteiger partial charge in [-0.1, -0.05) is 0 Å². The van der Waals surface area contributed by atoms with E-state index in [1.807, 2.05) is 62.3 Å². The zero-order valence-electron chi connectivity index (χ0n) is 24.7. The van der Waals surface area contributed by atoms with E-state index >= 15 is 0 Å². The molecule has 0 unspecified atom stereocenters. The van der Waals surface area contributed by atoms with E-state index in [4.69, 9.17) is 23.7 Å². The van der Waals surface area contributed by atoms with Crippen molar-refractivity contribution in [2.45, 2.75) is 145 Å². The Morgan fingerprint density at radius 1 is 0.471 bits per heavy atom. The summed E-state index contributed by atoms with van der Waals surface area (Å²) in [5, 5.41) is 0. The number of rotatable bonds is 4. The van der Waals surface area contributed by atoms with Gasteiger partial charge in [-0.15, -0.1) is 0 Å². The highest BCUT2D eigenvalue weighted by Gasteiger charge is 2.23. The van der Waals surface area contributed by atoms with Crippen molar-refractivity contribution in [2.75, 3.05) is 6.79 Å². The van der Waals surface area contributed by atoms with E-state index in [2.05, 4.69) is 0 Å². The fourth-order valence-corrected chi connectivity index (χ4v) is 1.69. The van der Waals surface area contributed by atoms with E-state index in [0.717, 1.165) is 0 Å². The van der Waals surface area contributed by atoms with Crippen LogP contribution in [0.3, 0.4) is 0 Å². The van der Waals surface area contributed by atoms with Gasteiger partial charge in [-0.2, -0.15) is 0 Å². The summed E-state index contributed by atoms with van der Waals surface area (Å²) in [6.45, 7) is 29.9. The Labute approximate surface area is 208 Å². The van der Waals surface area contributed by atoms with E-state index in [-0.39, 0.29) is 29.2 Å². The second-order valence-electron chi connectivity index (χ2n) is 12.7. The summed E-state index contributed by atoms with van der Waals surface area (Å²) in [6, 6.07) is 0. The minimum atomic E-state index is -0.570. The molecule has 0 amide bonds. The molecule has 0 rings (SSSR count). The fourth-order valence-electron chi connectivity index (χ4n) is 1.69. The van der Waals surface area contributed by atoms with Crippen LogP contribution in [-0.2, 0) is 38.1 Å². The molecule has 0 aliphatic heterocycles. The molecular weight excluding hydrogens is 440 g/mol. The summed E-state index contributed by atoms with van der Waals surface area (Å²) in [7, 11) is 0. The van der Waals surface area contributed by atoms with Crippen LogP contribution in [-0.4, -0.2) is 52.7 Å². The van der Waals surface area contributed by atoms with Gasteiger partial charge >= 0.3 is 17.9 Å². The van der Waals surface area contributed by atoms with Crippen LogP contribution in [0.25, 0.3) is 0 Å². The zero-order valence-corrected chi connectivity index (χ0v) is 24.7. The van der Waals surface area contributed by atoms with Crippen molar-refractivity contribution in [1.82, 2.24) is 0 Å². The van der Waals surface area contributed by atoms with Crippen molar-refractivity contribution in [1.29, 1.82) is 0 Å². The predicted molar refractivity (Wildman–Crippen MR) is 134 cm³/mol. The molecule has 34 heavy (non-hydrogen) atoms. The van der Waals surface area contributed by atoms with E-state index in [9.17, 15) is 14.4 Å². The maximum absolute atomic E-state index is 11.2. The van der Waals surface area contributed by atoms with Crippen molar-refractivity contribution >= 4 is 17.9 Å². The lowest BCUT2D eigenvalue weighted by molar-refractivity contribution is -0.166. The third-order valence-electron chi connectivity index (χ3n) is 2.56. The molecule has 0 fully saturated rings. The van der Waals surface area contributed by atoms with Gasteiger partial charge in [0, 0.05) is 6.92 Å². The zero-order chi connectivity index (χ0) is 28.2. The number of esters is 3. The molecule has 0 N–H and O–H groups in total. The largest absolute Gasteiger partial charge is 0.460 e. The van der Waals surface area contributed by atoms with E-state index in [1.165, 1.54) is 6.92 Å². The molecule has 0 heterocycles. The molecule has 0 atom stereocenters. The van der Waals surface area contributed by atoms with E-state index in [0.29, 0.717) is 6.79 Å². The molecule has 0 radical (unpaired) electrons. The summed E-state index contributed by atoms with van der Waals surface area (Å²) in [6.07, 6.45) is -0.339. The molecule has 0 bridgehead atoms. The standard InChI is InChI=1S/C11H20O4.C9H20O2.C6H12O2/c1-10(2,3)14-8(12)7-9(13)15-11(4,5)6;1-8(2,3)10-7-11-9(4,5)6;1-5(7)8-6(2,3)4/h7H2,1-6H3;7H2,1-6H3;1-4H3. The third kappa shape index (κ3) is 40.7. The summed E-state index contributed by atoms with van der Waals surface area (Å²) >= 11 is 0. The third-order valence-corrected chi connectivity index (χ3v) is 2.56. The van der Waals surface area contributed by atoms with Gasteiger partial charge in [-0.05, 0) is 104 Å². The number of hydrogen-bond acceptors (Lipinski definition) is 8. The van der Waals surface area contributed by atoms with Crippen LogP contribution in [0.4, 0.5) is 0 Å². The molecule has 0 aromatic rings. The van der Waals surface area contributed by atoms with Crippen LogP contribution >= 0.6 is 0 Å². The predicted octanol–water partition coefficient (Wildman–Crippen LogP) is 5.98. The second kappa shape index (κ2) is 14.7. The first-order valence-corrected chi connectivity index (χ1v) is 11.5. The average Bonchev–Trinajstić information content (AvgIpc) is 2.37. The van der Waals surface area contributed by atoms with Crippen molar-refractivity contribution in [2.24, 2.45) is 0 Å². The van der Waals surface area contributed by atoms with Gasteiger partial charge in [0.05, 0.1) is 11.2 Å². The topological polar surface area (TPSA) is 97.4 Å². The lowest BCUT2D eigenvalue weighted by atomic mass is 10.2. The minimum Gasteiger partial charge on any atom is -0.460 e. The lowest BCUT2D eigenvalue weighted by Gasteiger charge is -2.24. The van der Waals surface area contributed by atoms with Gasteiger partial charge in [-0.3, -0.25) is 14.4 Å². The molecule has 8 heteroatoms. The first-order valence-electron chi connectivity index (χ1n) is 11.5. The van der Waals surface area contributed by atoms with Crippen molar-refractivity contribution in [3.63, 3.8) is 0 Å². The van der Waals surface area contributed by atoms with Crippen molar-refractivity contribution in [3.8, 4) is 0 Å². The molecule has 0 aromatic heterocycles. The number of hydrogen-bond donors (Lipinski definition) is 0. The van der Waals surface area contributed by atoms with Crippen LogP contribution < -0.4 is 0 Å². The molecule has 0 spiro atoms. The Balaban J connectivity index is -0.000000447. The molecule has 0 saturated carbocycles. The molecule has 0 aliphatic carbocycles. The van der Waals surface area contributed by atoms with Gasteiger partial charge in [-0.25, -0.2) is 0 Å². The monoisotopic (exact) mass is 492 g/mol. The van der Waals surface area contributed by atoms with Gasteiger partial charge in [0.25, 0.3) is 0 Å². The van der Waals surface area contributed by atoms with Gasteiger partial charge < -0.3 is 23.7 Å². The van der Waals surface area contributed by atoms with Gasteiger partial charge in [0.2, 0.25) is 0 Å². The summed E-state index contributed by atoms with van der Waals surface area (Å²) in [4.78, 5) is 32.7. The summed E-state index contributed by atoms with van der Waals surface area (Å²) < 4.78 is 25.5. The number of carbonyl (C=O) groups is 3. The minimum absolute atomic E-state index is 0.106. The van der Waals surface area contributed by atoms with Gasteiger partial charge in [0.15, 0.2) is 0 Å². The van der Waals surface area contributed by atoms with Crippen LogP contribution in [0.5, 0.6) is 0 Å². The quantitative estimate of drug-likeness (QED) is 0.204. The Morgan fingerprint density at radius 3 is 0.882 bits per heavy atom. The fraction of sp³-hybridized carbons (Fsp3) is 0.885. The van der Waals surface area contributed by atoms with Crippen molar-refractivity contribution < 1.29 is 38.1 Å². The molecule has 0 aromatic carbocycles. The Hall–Kier alpha value is -1.67. The normalized spacial score (nSPS) is 12.4. The van der Waals surface area contributed by atoms with Crippen LogP contribution in [0.15, 0.2) is 0 Å². The molecule has 8 nitrogen and oxygen atoms in total. The van der Waals surface area contributed by atoms with Crippen LogP contribution in [0.2, 0.25) is 0 Å². The smallest absolute Gasteiger partial charge is 0.317 e. The highest BCUT2D eigenvalue weighted by Crippen LogP contribution is 2.12. The summed E-state index contributed by atoms with van der Waals surface area (Å²) in [5.41, 5.74) is -1.68. The first-order chi connectivity index (χ1) is 14.6. The first kappa shape index (κ1) is 36.9. The maximum atomic E-state index is 11.2. The highest BCUT2D eigenvalue weighted by molar-refractivity contribution is 5.91. The SMILES string of the molecule is CC(=O)OC(C)(C)C.CC(C)(C)OC(=O)CC(=O)OC(C)(C)C.CC(C)(C)OCOC(C)(C)C. The van der Waals surface area contributed by atoms with Crippen LogP contribution in [0.1, 0.15) is 117 Å². The average molecular weight is 493 g/mol. The molecule has 0 aliphatic rings. The van der Waals surface area contributed by atoms with Gasteiger partial charge in [0.1, 0.15) is 30.0 Å². The Bertz CT molecular complexity index is 563. The Morgan fingerprint density at radius 2 is 0.735 bits per heavy atom. The van der Waals surface area contributed by atoms with Crippen molar-refractivity contribution in [3.05, 3.63) is 0 Å². The molecule has 0 saturated heterocycles. The maximum Gasteiger partial charge on any atom is 0.317 e. The van der Waals surface area contributed by atoms with Crippen LogP contribution in [0, 0.1) is 0 Å². The highest BCUT2D eigenvalue weighted by atomic mass is 16.7. The molecule has 204 valence electrons. The van der Waals surface area contributed by atoms with E-state index in [1.54, 1.807) is 41.5 Å². The Kier molecular flexibility index (Phi) is 15.9. The summed E-state index contributed by atoms with van der Waals surface area (Å²) in [5.74, 6) is -1.34.